The summed E-state index contributed by atoms with van der Waals surface area (Å²) in [5.74, 6) is 0.686. The summed E-state index contributed by atoms with van der Waals surface area (Å²) in [6.45, 7) is 8.15. The lowest BCUT2D eigenvalue weighted by Gasteiger charge is -2.44. The molecule has 2 aliphatic heterocycles. The van der Waals surface area contributed by atoms with Crippen molar-refractivity contribution in [3.63, 3.8) is 0 Å². The second kappa shape index (κ2) is 4.77. The van der Waals surface area contributed by atoms with E-state index in [0.29, 0.717) is 29.6 Å². The fourth-order valence-electron chi connectivity index (χ4n) is 4.19. The summed E-state index contributed by atoms with van der Waals surface area (Å²) < 4.78 is 5.91. The van der Waals surface area contributed by atoms with Gasteiger partial charge in [-0.05, 0) is 37.0 Å². The molecule has 0 aromatic rings. The van der Waals surface area contributed by atoms with Crippen LogP contribution in [0.2, 0.25) is 0 Å². The van der Waals surface area contributed by atoms with Crippen molar-refractivity contribution in [1.29, 1.82) is 0 Å². The van der Waals surface area contributed by atoms with Gasteiger partial charge in [0.05, 0.1) is 12.2 Å². The Balaban J connectivity index is 1.59. The molecule has 0 radical (unpaired) electrons. The third-order valence-corrected chi connectivity index (χ3v) is 5.42. The molecular weight excluding hydrogens is 224 g/mol. The van der Waals surface area contributed by atoms with E-state index < -0.39 is 0 Å². The first kappa shape index (κ1) is 12.9. The van der Waals surface area contributed by atoms with E-state index >= 15 is 0 Å². The summed E-state index contributed by atoms with van der Waals surface area (Å²) >= 11 is 0. The number of likely N-dealkylation sites (tertiary alicyclic amines) is 1. The molecule has 2 heterocycles. The Bertz CT molecular complexity index is 293. The zero-order valence-corrected chi connectivity index (χ0v) is 11.9. The summed E-state index contributed by atoms with van der Waals surface area (Å²) in [5.41, 5.74) is 6.83. The second-order valence-electron chi connectivity index (χ2n) is 7.34. The summed E-state index contributed by atoms with van der Waals surface area (Å²) in [7, 11) is 0. The highest BCUT2D eigenvalue weighted by Crippen LogP contribution is 2.38. The van der Waals surface area contributed by atoms with Crippen molar-refractivity contribution in [1.82, 2.24) is 4.90 Å². The van der Waals surface area contributed by atoms with Crippen molar-refractivity contribution in [2.75, 3.05) is 19.6 Å². The Morgan fingerprint density at radius 3 is 2.50 bits per heavy atom. The van der Waals surface area contributed by atoms with E-state index in [2.05, 4.69) is 18.7 Å². The maximum Gasteiger partial charge on any atom is 0.0707 e. The average molecular weight is 252 g/mol. The fourth-order valence-corrected chi connectivity index (χ4v) is 4.19. The molecule has 1 aliphatic carbocycles. The van der Waals surface area contributed by atoms with Crippen LogP contribution in [0.4, 0.5) is 0 Å². The molecule has 3 rings (SSSR count). The Labute approximate surface area is 111 Å². The number of hydrogen-bond acceptors (Lipinski definition) is 3. The predicted octanol–water partition coefficient (Wildman–Crippen LogP) is 2.00. The van der Waals surface area contributed by atoms with E-state index in [1.54, 1.807) is 0 Å². The van der Waals surface area contributed by atoms with Gasteiger partial charge < -0.3 is 10.5 Å². The van der Waals surface area contributed by atoms with Gasteiger partial charge in [-0.2, -0.15) is 0 Å². The van der Waals surface area contributed by atoms with Crippen LogP contribution in [0.5, 0.6) is 0 Å². The standard InChI is InChI=1S/C15H28N2O/c1-15(2)7-3-4-11(14(15)16)8-17-9-12-5-6-13(10-17)18-12/h11-14H,3-10,16H2,1-2H3. The van der Waals surface area contributed by atoms with Crippen molar-refractivity contribution in [2.24, 2.45) is 17.1 Å². The van der Waals surface area contributed by atoms with E-state index in [0.717, 1.165) is 13.1 Å². The Hall–Kier alpha value is -0.120. The van der Waals surface area contributed by atoms with Crippen LogP contribution < -0.4 is 5.73 Å². The molecule has 3 heteroatoms. The van der Waals surface area contributed by atoms with Gasteiger partial charge in [0.15, 0.2) is 0 Å². The Kier molecular flexibility index (Phi) is 3.41. The van der Waals surface area contributed by atoms with Gasteiger partial charge in [-0.15, -0.1) is 0 Å². The molecule has 1 saturated carbocycles. The molecule has 4 atom stereocenters. The van der Waals surface area contributed by atoms with E-state index in [-0.39, 0.29) is 0 Å². The first-order valence-corrected chi connectivity index (χ1v) is 7.68. The molecule has 3 nitrogen and oxygen atoms in total. The number of hydrogen-bond donors (Lipinski definition) is 1. The monoisotopic (exact) mass is 252 g/mol. The largest absolute Gasteiger partial charge is 0.372 e. The summed E-state index contributed by atoms with van der Waals surface area (Å²) in [5, 5.41) is 0. The van der Waals surface area contributed by atoms with E-state index in [9.17, 15) is 0 Å². The number of fused-ring (bicyclic) bond motifs is 2. The van der Waals surface area contributed by atoms with E-state index in [1.165, 1.54) is 38.6 Å². The van der Waals surface area contributed by atoms with Gasteiger partial charge in [-0.25, -0.2) is 0 Å². The number of morpholine rings is 1. The van der Waals surface area contributed by atoms with E-state index in [4.69, 9.17) is 10.5 Å². The van der Waals surface area contributed by atoms with Crippen LogP contribution in [0.3, 0.4) is 0 Å². The highest BCUT2D eigenvalue weighted by atomic mass is 16.5. The number of nitrogens with two attached hydrogens (primary N) is 1. The normalized spacial score (nSPS) is 44.2. The molecular formula is C15H28N2O. The van der Waals surface area contributed by atoms with Crippen LogP contribution >= 0.6 is 0 Å². The van der Waals surface area contributed by atoms with Crippen LogP contribution in [0.25, 0.3) is 0 Å². The van der Waals surface area contributed by atoms with Gasteiger partial charge in [-0.3, -0.25) is 4.90 Å². The van der Waals surface area contributed by atoms with Gasteiger partial charge in [0.1, 0.15) is 0 Å². The number of ether oxygens (including phenoxy) is 1. The second-order valence-corrected chi connectivity index (χ2v) is 7.34. The van der Waals surface area contributed by atoms with Gasteiger partial charge >= 0.3 is 0 Å². The van der Waals surface area contributed by atoms with Crippen molar-refractivity contribution in [3.05, 3.63) is 0 Å². The molecule has 104 valence electrons. The first-order chi connectivity index (χ1) is 8.54. The molecule has 3 aliphatic rings. The lowest BCUT2D eigenvalue weighted by molar-refractivity contribution is -0.0478. The molecule has 4 unspecified atom stereocenters. The van der Waals surface area contributed by atoms with Crippen LogP contribution in [-0.2, 0) is 4.74 Å². The maximum atomic E-state index is 6.50. The summed E-state index contributed by atoms with van der Waals surface area (Å²) in [6, 6.07) is 0.367. The zero-order valence-electron chi connectivity index (χ0n) is 11.9. The van der Waals surface area contributed by atoms with Crippen LogP contribution in [0, 0.1) is 11.3 Å². The number of nitrogens with zero attached hydrogens (tertiary/aromatic N) is 1. The lowest BCUT2D eigenvalue weighted by Crippen LogP contribution is -2.52. The summed E-state index contributed by atoms with van der Waals surface area (Å²) in [6.07, 6.45) is 7.51. The molecule has 0 amide bonds. The summed E-state index contributed by atoms with van der Waals surface area (Å²) in [4.78, 5) is 2.62. The molecule has 0 aromatic carbocycles. The van der Waals surface area contributed by atoms with Gasteiger partial charge in [-0.1, -0.05) is 20.3 Å². The van der Waals surface area contributed by atoms with Crippen molar-refractivity contribution >= 4 is 0 Å². The fraction of sp³-hybridized carbons (Fsp3) is 1.00. The highest BCUT2D eigenvalue weighted by Gasteiger charge is 2.39. The zero-order chi connectivity index (χ0) is 12.8. The maximum absolute atomic E-state index is 6.50. The Morgan fingerprint density at radius 2 is 1.83 bits per heavy atom. The Morgan fingerprint density at radius 1 is 1.17 bits per heavy atom. The smallest absolute Gasteiger partial charge is 0.0707 e. The van der Waals surface area contributed by atoms with Crippen molar-refractivity contribution < 1.29 is 4.74 Å². The van der Waals surface area contributed by atoms with Crippen LogP contribution in [0.1, 0.15) is 46.0 Å². The van der Waals surface area contributed by atoms with E-state index in [1.807, 2.05) is 0 Å². The molecule has 2 bridgehead atoms. The molecule has 0 spiro atoms. The molecule has 2 N–H and O–H groups in total. The molecule has 18 heavy (non-hydrogen) atoms. The molecule has 2 saturated heterocycles. The topological polar surface area (TPSA) is 38.5 Å². The van der Waals surface area contributed by atoms with Crippen LogP contribution in [0.15, 0.2) is 0 Å². The van der Waals surface area contributed by atoms with Crippen molar-refractivity contribution in [3.8, 4) is 0 Å². The molecule has 3 fully saturated rings. The van der Waals surface area contributed by atoms with Crippen LogP contribution in [-0.4, -0.2) is 42.8 Å². The molecule has 0 aromatic heterocycles. The SMILES string of the molecule is CC1(C)CCCC(CN2CC3CCC(C2)O3)C1N. The first-order valence-electron chi connectivity index (χ1n) is 7.68. The quantitative estimate of drug-likeness (QED) is 0.817. The van der Waals surface area contributed by atoms with Crippen molar-refractivity contribution in [2.45, 2.75) is 64.2 Å². The van der Waals surface area contributed by atoms with Gasteiger partial charge in [0, 0.05) is 25.7 Å². The predicted molar refractivity (Wildman–Crippen MR) is 73.4 cm³/mol. The highest BCUT2D eigenvalue weighted by molar-refractivity contribution is 4.94. The minimum Gasteiger partial charge on any atom is -0.372 e. The number of rotatable bonds is 2. The third-order valence-electron chi connectivity index (χ3n) is 5.42. The lowest BCUT2D eigenvalue weighted by atomic mass is 9.68. The van der Waals surface area contributed by atoms with Gasteiger partial charge in [0.2, 0.25) is 0 Å². The van der Waals surface area contributed by atoms with Gasteiger partial charge in [0.25, 0.3) is 0 Å². The third kappa shape index (κ3) is 2.45. The minimum absolute atomic E-state index is 0.328. The average Bonchev–Trinajstić information content (AvgIpc) is 2.65. The minimum atomic E-state index is 0.328.